The molecule has 1 N–H and O–H groups in total. The van der Waals surface area contributed by atoms with Crippen molar-refractivity contribution in [3.63, 3.8) is 0 Å². The highest BCUT2D eigenvalue weighted by atomic mass is 16.2. The number of carbonyl (C=O) groups is 2. The van der Waals surface area contributed by atoms with Crippen LogP contribution in [-0.4, -0.2) is 46.9 Å². The number of rotatable bonds is 11. The average Bonchev–Trinajstić information content (AvgIpc) is 3.03. The minimum absolute atomic E-state index is 0.0637. The van der Waals surface area contributed by atoms with Crippen LogP contribution < -0.4 is 5.32 Å². The van der Waals surface area contributed by atoms with Crippen LogP contribution in [0.2, 0.25) is 0 Å². The molecule has 5 nitrogen and oxygen atoms in total. The average molecular weight is 470 g/mol. The molecular formula is C29H47N3O2. The van der Waals surface area contributed by atoms with Crippen LogP contribution in [-0.2, 0) is 4.79 Å². The van der Waals surface area contributed by atoms with Gasteiger partial charge in [0.15, 0.2) is 0 Å². The fourth-order valence-corrected chi connectivity index (χ4v) is 5.90. The van der Waals surface area contributed by atoms with Crippen molar-refractivity contribution < 1.29 is 9.59 Å². The van der Waals surface area contributed by atoms with Gasteiger partial charge in [-0.1, -0.05) is 97.8 Å². The van der Waals surface area contributed by atoms with E-state index in [1.807, 2.05) is 4.90 Å². The van der Waals surface area contributed by atoms with E-state index >= 15 is 0 Å². The largest absolute Gasteiger partial charge is 0.324 e. The number of benzene rings is 1. The van der Waals surface area contributed by atoms with Crippen LogP contribution in [0.1, 0.15) is 122 Å². The van der Waals surface area contributed by atoms with Crippen LogP contribution in [0.3, 0.4) is 0 Å². The molecule has 2 fully saturated rings. The van der Waals surface area contributed by atoms with E-state index in [9.17, 15) is 9.59 Å². The summed E-state index contributed by atoms with van der Waals surface area (Å²) in [5, 5.41) is 3.21. The van der Waals surface area contributed by atoms with Crippen molar-refractivity contribution in [3.8, 4) is 0 Å². The predicted molar refractivity (Wildman–Crippen MR) is 141 cm³/mol. The van der Waals surface area contributed by atoms with Crippen molar-refractivity contribution >= 4 is 17.6 Å². The molecule has 3 rings (SSSR count). The summed E-state index contributed by atoms with van der Waals surface area (Å²) in [6.07, 6.45) is 11.7. The van der Waals surface area contributed by atoms with Crippen LogP contribution >= 0.6 is 0 Å². The van der Waals surface area contributed by atoms with E-state index < -0.39 is 0 Å². The number of urea groups is 1. The normalized spacial score (nSPS) is 17.9. The summed E-state index contributed by atoms with van der Waals surface area (Å²) in [7, 11) is 0. The Balaban J connectivity index is 1.71. The first-order valence-electron chi connectivity index (χ1n) is 13.8. The molecule has 34 heavy (non-hydrogen) atoms. The van der Waals surface area contributed by atoms with Crippen LogP contribution in [0.5, 0.6) is 0 Å². The molecule has 0 unspecified atom stereocenters. The fraction of sp³-hybridized carbons (Fsp3) is 0.724. The zero-order chi connectivity index (χ0) is 24.7. The highest BCUT2D eigenvalue weighted by Gasteiger charge is 2.49. The molecule has 5 heteroatoms. The maximum absolute atomic E-state index is 13.5. The summed E-state index contributed by atoms with van der Waals surface area (Å²) in [5.74, 6) is 0.548. The molecule has 190 valence electrons. The van der Waals surface area contributed by atoms with Gasteiger partial charge in [-0.05, 0) is 42.2 Å². The topological polar surface area (TPSA) is 52.7 Å². The summed E-state index contributed by atoms with van der Waals surface area (Å²) in [4.78, 5) is 30.7. The number of amides is 3. The van der Waals surface area contributed by atoms with E-state index in [-0.39, 0.29) is 24.0 Å². The van der Waals surface area contributed by atoms with Crippen molar-refractivity contribution in [2.45, 2.75) is 116 Å². The minimum Gasteiger partial charge on any atom is -0.324 e. The second-order valence-corrected chi connectivity index (χ2v) is 11.2. The van der Waals surface area contributed by atoms with Gasteiger partial charge in [-0.15, -0.1) is 0 Å². The van der Waals surface area contributed by atoms with E-state index in [1.165, 1.54) is 44.9 Å². The Morgan fingerprint density at radius 3 is 2.18 bits per heavy atom. The first-order valence-corrected chi connectivity index (χ1v) is 13.8. The third kappa shape index (κ3) is 6.14. The Hall–Kier alpha value is -2.04. The van der Waals surface area contributed by atoms with Crippen molar-refractivity contribution in [2.75, 3.05) is 25.0 Å². The number of carbonyl (C=O) groups excluding carboxylic acids is 2. The van der Waals surface area contributed by atoms with E-state index in [4.69, 9.17) is 0 Å². The minimum atomic E-state index is -0.0842. The Labute approximate surface area is 207 Å². The van der Waals surface area contributed by atoms with Gasteiger partial charge in [0.2, 0.25) is 5.91 Å². The zero-order valence-electron chi connectivity index (χ0n) is 22.3. The third-order valence-electron chi connectivity index (χ3n) is 7.80. The smallest absolute Gasteiger partial charge is 0.321 e. The van der Waals surface area contributed by atoms with Gasteiger partial charge in [0.05, 0.1) is 5.54 Å². The summed E-state index contributed by atoms with van der Waals surface area (Å²) in [5.41, 5.74) is 3.18. The van der Waals surface area contributed by atoms with Gasteiger partial charge in [-0.3, -0.25) is 4.79 Å². The number of hydrogen-bond acceptors (Lipinski definition) is 2. The Kier molecular flexibility index (Phi) is 9.44. The SMILES string of the molecule is CCCCCCCN1C(=O)N(CC(=O)Nc2c(C(C)C)cccc2C(C)C)CC12CCCCC2. The standard InChI is InChI=1S/C29H47N3O2/c1-6-7-8-9-13-19-32-28(34)31(21-29(32)17-11-10-12-18-29)20-26(33)30-27-24(22(2)3)15-14-16-25(27)23(4)5/h14-16,22-23H,6-13,17-21H2,1-5H3,(H,30,33). The van der Waals surface area contributed by atoms with E-state index in [0.717, 1.165) is 42.6 Å². The van der Waals surface area contributed by atoms with Crippen LogP contribution in [0, 0.1) is 0 Å². The second kappa shape index (κ2) is 12.1. The lowest BCUT2D eigenvalue weighted by Crippen LogP contribution is -2.48. The van der Waals surface area contributed by atoms with Gasteiger partial charge in [0.1, 0.15) is 6.54 Å². The van der Waals surface area contributed by atoms with Crippen molar-refractivity contribution in [2.24, 2.45) is 0 Å². The summed E-state index contributed by atoms with van der Waals surface area (Å²) in [6, 6.07) is 6.35. The number of anilines is 1. The predicted octanol–water partition coefficient (Wildman–Crippen LogP) is 7.28. The lowest BCUT2D eigenvalue weighted by molar-refractivity contribution is -0.116. The van der Waals surface area contributed by atoms with Gasteiger partial charge in [0, 0.05) is 18.8 Å². The van der Waals surface area contributed by atoms with Gasteiger partial charge in [-0.25, -0.2) is 4.79 Å². The van der Waals surface area contributed by atoms with E-state index in [1.54, 1.807) is 0 Å². The fourth-order valence-electron chi connectivity index (χ4n) is 5.90. The number of unbranched alkanes of at least 4 members (excludes halogenated alkanes) is 4. The maximum Gasteiger partial charge on any atom is 0.321 e. The molecule has 0 atom stereocenters. The molecule has 1 saturated heterocycles. The van der Waals surface area contributed by atoms with Gasteiger partial charge in [0.25, 0.3) is 0 Å². The first kappa shape index (κ1) is 26.6. The van der Waals surface area contributed by atoms with E-state index in [0.29, 0.717) is 18.4 Å². The molecule has 1 aromatic carbocycles. The quantitative estimate of drug-likeness (QED) is 0.346. The Morgan fingerprint density at radius 1 is 0.971 bits per heavy atom. The molecule has 2 aliphatic rings. The van der Waals surface area contributed by atoms with Crippen molar-refractivity contribution in [1.82, 2.24) is 9.80 Å². The monoisotopic (exact) mass is 469 g/mol. The number of para-hydroxylation sites is 1. The molecule has 1 aliphatic heterocycles. The maximum atomic E-state index is 13.5. The molecule has 0 radical (unpaired) electrons. The number of nitrogens with one attached hydrogen (secondary N) is 1. The zero-order valence-corrected chi connectivity index (χ0v) is 22.3. The molecular weight excluding hydrogens is 422 g/mol. The van der Waals surface area contributed by atoms with Crippen molar-refractivity contribution in [1.29, 1.82) is 0 Å². The lowest BCUT2D eigenvalue weighted by Gasteiger charge is -2.40. The number of hydrogen-bond donors (Lipinski definition) is 1. The molecule has 1 spiro atoms. The number of nitrogens with zero attached hydrogens (tertiary/aromatic N) is 2. The molecule has 1 aliphatic carbocycles. The molecule has 0 aromatic heterocycles. The highest BCUT2D eigenvalue weighted by molar-refractivity contribution is 5.96. The second-order valence-electron chi connectivity index (χ2n) is 11.2. The first-order chi connectivity index (χ1) is 16.3. The van der Waals surface area contributed by atoms with Gasteiger partial charge in [-0.2, -0.15) is 0 Å². The van der Waals surface area contributed by atoms with Crippen LogP contribution in [0.4, 0.5) is 10.5 Å². The van der Waals surface area contributed by atoms with Crippen LogP contribution in [0.25, 0.3) is 0 Å². The Morgan fingerprint density at radius 2 is 1.59 bits per heavy atom. The lowest BCUT2D eigenvalue weighted by atomic mass is 9.81. The van der Waals surface area contributed by atoms with E-state index in [2.05, 4.69) is 63.0 Å². The van der Waals surface area contributed by atoms with Gasteiger partial charge >= 0.3 is 6.03 Å². The van der Waals surface area contributed by atoms with Gasteiger partial charge < -0.3 is 15.1 Å². The summed E-state index contributed by atoms with van der Waals surface area (Å²) < 4.78 is 0. The molecule has 0 bridgehead atoms. The summed E-state index contributed by atoms with van der Waals surface area (Å²) in [6.45, 7) is 12.5. The van der Waals surface area contributed by atoms with Crippen molar-refractivity contribution in [3.05, 3.63) is 29.3 Å². The summed E-state index contributed by atoms with van der Waals surface area (Å²) >= 11 is 0. The molecule has 1 heterocycles. The third-order valence-corrected chi connectivity index (χ3v) is 7.80. The highest BCUT2D eigenvalue weighted by Crippen LogP contribution is 2.40. The molecule has 1 saturated carbocycles. The molecule has 1 aromatic rings. The molecule has 3 amide bonds. The van der Waals surface area contributed by atoms with Crippen LogP contribution in [0.15, 0.2) is 18.2 Å². The Bertz CT molecular complexity index is 800.